The first kappa shape index (κ1) is 25.6. The van der Waals surface area contributed by atoms with Crippen LogP contribution in [0.15, 0.2) is 79.7 Å². The van der Waals surface area contributed by atoms with Crippen LogP contribution in [0.25, 0.3) is 11.3 Å². The topological polar surface area (TPSA) is 58.7 Å². The van der Waals surface area contributed by atoms with E-state index in [0.717, 1.165) is 54.8 Å². The molecular weight excluding hydrogens is 486 g/mol. The summed E-state index contributed by atoms with van der Waals surface area (Å²) in [6.07, 6.45) is 7.96. The number of halogens is 2. The molecule has 1 unspecified atom stereocenters. The molecule has 2 aliphatic heterocycles. The molecule has 0 bridgehead atoms. The van der Waals surface area contributed by atoms with Crippen molar-refractivity contribution in [1.29, 1.82) is 0 Å². The predicted octanol–water partition coefficient (Wildman–Crippen LogP) is 5.38. The highest BCUT2D eigenvalue weighted by Crippen LogP contribution is 2.31. The summed E-state index contributed by atoms with van der Waals surface area (Å²) in [5.74, 6) is 0.131. The molecule has 2 N–H and O–H groups in total. The zero-order valence-corrected chi connectivity index (χ0v) is 21.2. The van der Waals surface area contributed by atoms with Crippen molar-refractivity contribution in [2.45, 2.75) is 19.6 Å². The van der Waals surface area contributed by atoms with Crippen LogP contribution in [0.3, 0.4) is 0 Å². The number of hydrogen-bond acceptors (Lipinski definition) is 6. The summed E-state index contributed by atoms with van der Waals surface area (Å²) in [6, 6.07) is 12.9. The van der Waals surface area contributed by atoms with Crippen LogP contribution in [0, 0.1) is 18.6 Å². The predicted molar refractivity (Wildman–Crippen MR) is 144 cm³/mol. The number of morpholine rings is 1. The zero-order chi connectivity index (χ0) is 26.5. The first-order chi connectivity index (χ1) is 18.5. The Morgan fingerprint density at radius 3 is 2.74 bits per heavy atom. The maximum atomic E-state index is 13.5. The lowest BCUT2D eigenvalue weighted by atomic mass is 10.0. The summed E-state index contributed by atoms with van der Waals surface area (Å²) in [7, 11) is 0. The zero-order valence-electron chi connectivity index (χ0n) is 21.2. The molecule has 3 aromatic rings. The molecule has 3 heterocycles. The van der Waals surface area contributed by atoms with Gasteiger partial charge in [0.1, 0.15) is 23.1 Å². The molecule has 196 valence electrons. The minimum atomic E-state index is -0.608. The van der Waals surface area contributed by atoms with Gasteiger partial charge in [-0.05, 0) is 55.1 Å². The highest BCUT2D eigenvalue weighted by molar-refractivity contribution is 5.74. The van der Waals surface area contributed by atoms with Gasteiger partial charge >= 0.3 is 0 Å². The molecule has 2 aliphatic rings. The van der Waals surface area contributed by atoms with Crippen molar-refractivity contribution in [3.8, 4) is 11.5 Å². The molecule has 1 aromatic heterocycles. The number of nitrogens with zero attached hydrogens (tertiary/aromatic N) is 2. The van der Waals surface area contributed by atoms with E-state index >= 15 is 0 Å². The smallest absolute Gasteiger partial charge is 0.131 e. The molecular formula is C30H30F2N4O2. The number of ether oxygens (including phenoxy) is 2. The van der Waals surface area contributed by atoms with Crippen molar-refractivity contribution in [3.05, 3.63) is 114 Å². The molecule has 1 fully saturated rings. The number of pyridine rings is 1. The van der Waals surface area contributed by atoms with E-state index in [1.54, 1.807) is 6.20 Å². The van der Waals surface area contributed by atoms with Gasteiger partial charge in [-0.25, -0.2) is 8.78 Å². The van der Waals surface area contributed by atoms with Crippen LogP contribution in [-0.2, 0) is 11.3 Å². The summed E-state index contributed by atoms with van der Waals surface area (Å²) in [4.78, 5) is 6.91. The Hall–Kier alpha value is -4.01. The van der Waals surface area contributed by atoms with Crippen molar-refractivity contribution in [3.63, 3.8) is 0 Å². The van der Waals surface area contributed by atoms with Crippen LogP contribution in [0.2, 0.25) is 0 Å². The molecule has 1 saturated heterocycles. The van der Waals surface area contributed by atoms with Gasteiger partial charge < -0.3 is 20.1 Å². The molecule has 0 amide bonds. The molecule has 0 spiro atoms. The summed E-state index contributed by atoms with van der Waals surface area (Å²) < 4.78 is 38.8. The fourth-order valence-corrected chi connectivity index (χ4v) is 4.58. The van der Waals surface area contributed by atoms with Gasteiger partial charge in [0.25, 0.3) is 0 Å². The van der Waals surface area contributed by atoms with Gasteiger partial charge in [0.2, 0.25) is 0 Å². The fourth-order valence-electron chi connectivity index (χ4n) is 4.58. The maximum absolute atomic E-state index is 13.5. The second kappa shape index (κ2) is 11.6. The van der Waals surface area contributed by atoms with Gasteiger partial charge in [0.05, 0.1) is 25.1 Å². The third-order valence-corrected chi connectivity index (χ3v) is 6.60. The van der Waals surface area contributed by atoms with Crippen molar-refractivity contribution in [2.75, 3.05) is 26.3 Å². The van der Waals surface area contributed by atoms with Crippen molar-refractivity contribution < 1.29 is 18.3 Å². The van der Waals surface area contributed by atoms with Gasteiger partial charge in [0.15, 0.2) is 0 Å². The van der Waals surface area contributed by atoms with Crippen LogP contribution in [0.1, 0.15) is 22.4 Å². The third kappa shape index (κ3) is 6.10. The molecule has 38 heavy (non-hydrogen) atoms. The lowest BCUT2D eigenvalue weighted by Crippen LogP contribution is -2.48. The van der Waals surface area contributed by atoms with Crippen LogP contribution in [0.4, 0.5) is 8.78 Å². The number of nitrogens with one attached hydrogen (secondary N) is 2. The van der Waals surface area contributed by atoms with Crippen LogP contribution in [0.5, 0.6) is 11.5 Å². The molecule has 0 radical (unpaired) electrons. The molecule has 0 saturated carbocycles. The number of hydrogen-bond donors (Lipinski definition) is 2. The number of allylic oxidation sites excluding steroid dienone is 2. The Labute approximate surface area is 221 Å². The van der Waals surface area contributed by atoms with E-state index in [4.69, 9.17) is 9.47 Å². The van der Waals surface area contributed by atoms with Gasteiger partial charge in [-0.2, -0.15) is 0 Å². The minimum absolute atomic E-state index is 0.0894. The molecule has 5 rings (SSSR count). The van der Waals surface area contributed by atoms with Gasteiger partial charge in [0, 0.05) is 60.4 Å². The SMILES string of the molecule is C=C(NCc1cc(F)cc(F)c1)c1cccc(Oc2ccnc(C3=CC(N4CCOCC4)NC=C3)c2)c1C. The van der Waals surface area contributed by atoms with E-state index in [0.29, 0.717) is 22.8 Å². The minimum Gasteiger partial charge on any atom is -0.457 e. The normalized spacial score (nSPS) is 17.4. The molecule has 6 nitrogen and oxygen atoms in total. The largest absolute Gasteiger partial charge is 0.457 e. The van der Waals surface area contributed by atoms with E-state index in [1.165, 1.54) is 12.1 Å². The fraction of sp³-hybridized carbons (Fsp3) is 0.233. The van der Waals surface area contributed by atoms with Crippen molar-refractivity contribution >= 4 is 11.3 Å². The van der Waals surface area contributed by atoms with E-state index in [1.807, 2.05) is 49.5 Å². The van der Waals surface area contributed by atoms with E-state index in [-0.39, 0.29) is 12.7 Å². The van der Waals surface area contributed by atoms with Gasteiger partial charge in [-0.1, -0.05) is 18.7 Å². The second-order valence-electron chi connectivity index (χ2n) is 9.23. The molecule has 1 atom stereocenters. The summed E-state index contributed by atoms with van der Waals surface area (Å²) in [6.45, 7) is 9.53. The number of dihydropyridines is 1. The lowest BCUT2D eigenvalue weighted by Gasteiger charge is -2.34. The first-order valence-electron chi connectivity index (χ1n) is 12.5. The lowest BCUT2D eigenvalue weighted by molar-refractivity contribution is 0.0219. The average molecular weight is 517 g/mol. The average Bonchev–Trinajstić information content (AvgIpc) is 2.93. The first-order valence-corrected chi connectivity index (χ1v) is 12.5. The Morgan fingerprint density at radius 1 is 1.16 bits per heavy atom. The van der Waals surface area contributed by atoms with Gasteiger partial charge in [-0.3, -0.25) is 9.88 Å². The third-order valence-electron chi connectivity index (χ3n) is 6.60. The summed E-state index contributed by atoms with van der Waals surface area (Å²) >= 11 is 0. The standard InChI is InChI=1S/C30H30F2N4O2/c1-20-27(21(2)35-19-22-14-24(31)17-25(32)15-22)4-3-5-29(20)38-26-7-9-33-28(18-26)23-6-8-34-30(16-23)36-10-12-37-13-11-36/h3-9,14-18,30,34-35H,2,10-13,19H2,1H3. The number of aromatic nitrogens is 1. The van der Waals surface area contributed by atoms with Gasteiger partial charge in [-0.15, -0.1) is 0 Å². The maximum Gasteiger partial charge on any atom is 0.131 e. The summed E-state index contributed by atoms with van der Waals surface area (Å²) in [5, 5.41) is 6.56. The van der Waals surface area contributed by atoms with Crippen LogP contribution >= 0.6 is 0 Å². The monoisotopic (exact) mass is 516 g/mol. The quantitative estimate of drug-likeness (QED) is 0.419. The highest BCUT2D eigenvalue weighted by Gasteiger charge is 2.21. The Kier molecular flexibility index (Phi) is 7.81. The highest BCUT2D eigenvalue weighted by atomic mass is 19.1. The van der Waals surface area contributed by atoms with Crippen LogP contribution < -0.4 is 15.4 Å². The Balaban J connectivity index is 1.29. The molecule has 8 heteroatoms. The van der Waals surface area contributed by atoms with Crippen molar-refractivity contribution in [1.82, 2.24) is 20.5 Å². The molecule has 2 aromatic carbocycles. The second-order valence-corrected chi connectivity index (χ2v) is 9.23. The van der Waals surface area contributed by atoms with E-state index < -0.39 is 11.6 Å². The molecule has 0 aliphatic carbocycles. The number of benzene rings is 2. The van der Waals surface area contributed by atoms with E-state index in [9.17, 15) is 8.78 Å². The Bertz CT molecular complexity index is 1360. The Morgan fingerprint density at radius 2 is 1.95 bits per heavy atom. The van der Waals surface area contributed by atoms with Crippen LogP contribution in [-0.4, -0.2) is 42.4 Å². The number of rotatable bonds is 8. The summed E-state index contributed by atoms with van der Waals surface area (Å²) in [5.41, 5.74) is 4.71. The van der Waals surface area contributed by atoms with E-state index in [2.05, 4.69) is 33.2 Å². The van der Waals surface area contributed by atoms with Crippen molar-refractivity contribution in [2.24, 2.45) is 0 Å².